The van der Waals surface area contributed by atoms with Crippen LogP contribution in [0.5, 0.6) is 5.75 Å². The van der Waals surface area contributed by atoms with Gasteiger partial charge in [0.15, 0.2) is 0 Å². The smallest absolute Gasteiger partial charge is 0.142 e. The molecular weight excluding hydrogens is 221 g/mol. The Balaban J connectivity index is 0.000000980. The molecule has 0 saturated heterocycles. The minimum atomic E-state index is 0. The second-order valence-electron chi connectivity index (χ2n) is 3.41. The highest BCUT2D eigenvalue weighted by molar-refractivity contribution is 6.32. The molecule has 1 aromatic carbocycles. The number of nitrogens with two attached hydrogens (primary N) is 1. The lowest BCUT2D eigenvalue weighted by Crippen LogP contribution is -2.20. The number of benzene rings is 1. The van der Waals surface area contributed by atoms with Gasteiger partial charge in [-0.05, 0) is 18.6 Å². The molecule has 0 fully saturated rings. The Morgan fingerprint density at radius 1 is 1.50 bits per heavy atom. The van der Waals surface area contributed by atoms with E-state index in [-0.39, 0.29) is 18.4 Å². The normalized spacial score (nSPS) is 19.2. The van der Waals surface area contributed by atoms with Gasteiger partial charge in [0.05, 0.1) is 11.6 Å². The van der Waals surface area contributed by atoms with Crippen molar-refractivity contribution >= 4 is 24.0 Å². The molecule has 0 aromatic heterocycles. The van der Waals surface area contributed by atoms with E-state index in [1.807, 2.05) is 19.1 Å². The number of fused-ring (bicyclic) bond motifs is 1. The summed E-state index contributed by atoms with van der Waals surface area (Å²) in [5.74, 6) is 0.769. The first-order valence-corrected chi connectivity index (χ1v) is 4.74. The average Bonchev–Trinajstić information content (AvgIpc) is 2.07. The number of ether oxygens (including phenoxy) is 1. The highest BCUT2D eigenvalue weighted by Gasteiger charge is 2.20. The van der Waals surface area contributed by atoms with Crippen LogP contribution in [0, 0.1) is 6.92 Å². The van der Waals surface area contributed by atoms with Gasteiger partial charge in [0, 0.05) is 18.0 Å². The molecule has 1 aliphatic heterocycles. The van der Waals surface area contributed by atoms with Gasteiger partial charge in [0.25, 0.3) is 0 Å². The van der Waals surface area contributed by atoms with Crippen LogP contribution >= 0.6 is 24.0 Å². The molecule has 4 heteroatoms. The number of rotatable bonds is 0. The Kier molecular flexibility index (Phi) is 3.65. The number of hydrogen-bond donors (Lipinski definition) is 1. The van der Waals surface area contributed by atoms with E-state index in [9.17, 15) is 0 Å². The van der Waals surface area contributed by atoms with E-state index in [2.05, 4.69) is 0 Å². The zero-order valence-corrected chi connectivity index (χ0v) is 9.49. The molecule has 0 radical (unpaired) electrons. The Bertz CT molecular complexity index is 341. The zero-order valence-electron chi connectivity index (χ0n) is 7.92. The van der Waals surface area contributed by atoms with Crippen LogP contribution in [0.3, 0.4) is 0 Å². The summed E-state index contributed by atoms with van der Waals surface area (Å²) in [5, 5.41) is 0.671. The molecular formula is C10H13Cl2NO. The molecule has 0 saturated carbocycles. The van der Waals surface area contributed by atoms with Crippen LogP contribution in [-0.2, 0) is 0 Å². The Labute approximate surface area is 94.8 Å². The molecule has 1 heterocycles. The van der Waals surface area contributed by atoms with Crippen LogP contribution in [-0.4, -0.2) is 6.61 Å². The second kappa shape index (κ2) is 4.39. The van der Waals surface area contributed by atoms with Gasteiger partial charge < -0.3 is 10.5 Å². The molecule has 0 unspecified atom stereocenters. The summed E-state index contributed by atoms with van der Waals surface area (Å²) < 4.78 is 5.47. The maximum Gasteiger partial charge on any atom is 0.142 e. The van der Waals surface area contributed by atoms with E-state index >= 15 is 0 Å². The molecule has 2 N–H and O–H groups in total. The third kappa shape index (κ3) is 1.97. The molecule has 0 spiro atoms. The summed E-state index contributed by atoms with van der Waals surface area (Å²) in [4.78, 5) is 0. The van der Waals surface area contributed by atoms with E-state index in [0.29, 0.717) is 11.6 Å². The lowest BCUT2D eigenvalue weighted by atomic mass is 9.99. The van der Waals surface area contributed by atoms with Crippen molar-refractivity contribution in [2.75, 3.05) is 6.61 Å². The number of aryl methyl sites for hydroxylation is 1. The van der Waals surface area contributed by atoms with Crippen LogP contribution in [0.1, 0.15) is 23.6 Å². The van der Waals surface area contributed by atoms with Crippen molar-refractivity contribution in [2.24, 2.45) is 5.73 Å². The first-order chi connectivity index (χ1) is 6.18. The predicted molar refractivity (Wildman–Crippen MR) is 60.5 cm³/mol. The second-order valence-corrected chi connectivity index (χ2v) is 3.82. The molecule has 1 aliphatic rings. The molecule has 2 rings (SSSR count). The summed E-state index contributed by atoms with van der Waals surface area (Å²) in [6, 6.07) is 4.02. The van der Waals surface area contributed by atoms with Gasteiger partial charge in [-0.1, -0.05) is 17.7 Å². The van der Waals surface area contributed by atoms with Crippen LogP contribution in [0.15, 0.2) is 12.1 Å². The van der Waals surface area contributed by atoms with Crippen LogP contribution in [0.25, 0.3) is 0 Å². The van der Waals surface area contributed by atoms with E-state index in [1.165, 1.54) is 0 Å². The highest BCUT2D eigenvalue weighted by atomic mass is 35.5. The maximum absolute atomic E-state index is 6.03. The lowest BCUT2D eigenvalue weighted by molar-refractivity contribution is 0.269. The Morgan fingerprint density at radius 2 is 2.21 bits per heavy atom. The topological polar surface area (TPSA) is 35.2 Å². The first-order valence-electron chi connectivity index (χ1n) is 4.37. The summed E-state index contributed by atoms with van der Waals surface area (Å²) in [6.07, 6.45) is 0.868. The molecule has 78 valence electrons. The average molecular weight is 234 g/mol. The molecule has 0 bridgehead atoms. The maximum atomic E-state index is 6.03. The van der Waals surface area contributed by atoms with E-state index < -0.39 is 0 Å². The van der Waals surface area contributed by atoms with Crippen molar-refractivity contribution in [3.63, 3.8) is 0 Å². The van der Waals surface area contributed by atoms with Gasteiger partial charge in [-0.3, -0.25) is 0 Å². The quantitative estimate of drug-likeness (QED) is 0.749. The molecule has 1 aromatic rings. The van der Waals surface area contributed by atoms with Crippen molar-refractivity contribution in [3.8, 4) is 5.75 Å². The Morgan fingerprint density at radius 3 is 2.93 bits per heavy atom. The summed E-state index contributed by atoms with van der Waals surface area (Å²) in [5.41, 5.74) is 8.11. The standard InChI is InChI=1S/C10H12ClNO.ClH/c1-6-4-7-9(12)2-3-13-10(7)8(11)5-6;/h4-5,9H,2-3,12H2,1H3;1H/t9-;/m0./s1. The fourth-order valence-corrected chi connectivity index (χ4v) is 1.96. The molecule has 0 amide bonds. The van der Waals surface area contributed by atoms with Gasteiger partial charge in [0.1, 0.15) is 5.75 Å². The van der Waals surface area contributed by atoms with E-state index in [4.69, 9.17) is 22.1 Å². The predicted octanol–water partition coefficient (Wildman–Crippen LogP) is 2.85. The third-order valence-electron chi connectivity index (χ3n) is 2.29. The monoisotopic (exact) mass is 233 g/mol. The largest absolute Gasteiger partial charge is 0.492 e. The van der Waals surface area contributed by atoms with Gasteiger partial charge in [-0.15, -0.1) is 12.4 Å². The van der Waals surface area contributed by atoms with Gasteiger partial charge >= 0.3 is 0 Å². The molecule has 2 nitrogen and oxygen atoms in total. The molecule has 14 heavy (non-hydrogen) atoms. The van der Waals surface area contributed by atoms with Crippen molar-refractivity contribution < 1.29 is 4.74 Å². The van der Waals surface area contributed by atoms with Gasteiger partial charge in [-0.2, -0.15) is 0 Å². The van der Waals surface area contributed by atoms with Crippen LogP contribution < -0.4 is 10.5 Å². The van der Waals surface area contributed by atoms with Crippen molar-refractivity contribution in [1.82, 2.24) is 0 Å². The van der Waals surface area contributed by atoms with Gasteiger partial charge in [0.2, 0.25) is 0 Å². The lowest BCUT2D eigenvalue weighted by Gasteiger charge is -2.24. The molecule has 0 aliphatic carbocycles. The van der Waals surface area contributed by atoms with Crippen LogP contribution in [0.4, 0.5) is 0 Å². The first kappa shape index (κ1) is 11.6. The summed E-state index contributed by atoms with van der Waals surface area (Å²) >= 11 is 6.03. The fourth-order valence-electron chi connectivity index (χ4n) is 1.63. The zero-order chi connectivity index (χ0) is 9.42. The number of halogens is 2. The SMILES string of the molecule is Cc1cc(Cl)c2c(c1)[C@@H](N)CCO2.Cl. The van der Waals surface area contributed by atoms with Gasteiger partial charge in [-0.25, -0.2) is 0 Å². The van der Waals surface area contributed by atoms with Crippen molar-refractivity contribution in [1.29, 1.82) is 0 Å². The molecule has 1 atom stereocenters. The number of hydrogen-bond acceptors (Lipinski definition) is 2. The summed E-state index contributed by atoms with van der Waals surface area (Å²) in [6.45, 7) is 2.67. The minimum Gasteiger partial charge on any atom is -0.492 e. The van der Waals surface area contributed by atoms with Crippen molar-refractivity contribution in [2.45, 2.75) is 19.4 Å². The van der Waals surface area contributed by atoms with E-state index in [1.54, 1.807) is 0 Å². The third-order valence-corrected chi connectivity index (χ3v) is 2.57. The van der Waals surface area contributed by atoms with Crippen LogP contribution in [0.2, 0.25) is 5.02 Å². The fraction of sp³-hybridized carbons (Fsp3) is 0.400. The van der Waals surface area contributed by atoms with E-state index in [0.717, 1.165) is 23.3 Å². The summed E-state index contributed by atoms with van der Waals surface area (Å²) in [7, 11) is 0. The minimum absolute atomic E-state index is 0. The highest BCUT2D eigenvalue weighted by Crippen LogP contribution is 2.37. The Hall–Kier alpha value is -0.440. The van der Waals surface area contributed by atoms with Crippen molar-refractivity contribution in [3.05, 3.63) is 28.3 Å².